The van der Waals surface area contributed by atoms with Crippen LogP contribution in [0, 0.1) is 6.92 Å². The zero-order valence-electron chi connectivity index (χ0n) is 20.8. The molecular formula is C27H29Cl2N3O4S. The molecule has 0 unspecified atom stereocenters. The Kier molecular flexibility index (Phi) is 9.59. The van der Waals surface area contributed by atoms with E-state index in [1.807, 2.05) is 31.2 Å². The van der Waals surface area contributed by atoms with Crippen molar-refractivity contribution in [1.82, 2.24) is 10.2 Å². The standard InChI is InChI=1S/C27H29Cl2N3O4S/c1-4-25(27(34)30-3)31(17-20-11-9-8-10-19(20)2)26(33)18-32(23-15-21(28)14-22(29)16-23)37(35,36)24-12-6-5-7-13-24/h5-16,25H,4,17-18H2,1-3H3,(H,30,34)/t25-/m0/s1. The summed E-state index contributed by atoms with van der Waals surface area (Å²) >= 11 is 12.4. The molecule has 0 aliphatic heterocycles. The Hall–Kier alpha value is -3.07. The number of sulfonamides is 1. The number of amides is 2. The fourth-order valence-corrected chi connectivity index (χ4v) is 5.92. The minimum absolute atomic E-state index is 0.00249. The summed E-state index contributed by atoms with van der Waals surface area (Å²) in [6, 6.07) is 18.9. The van der Waals surface area contributed by atoms with Crippen LogP contribution in [0.4, 0.5) is 5.69 Å². The minimum atomic E-state index is -4.19. The van der Waals surface area contributed by atoms with Gasteiger partial charge in [0.1, 0.15) is 12.6 Å². The van der Waals surface area contributed by atoms with E-state index in [1.54, 1.807) is 25.1 Å². The number of halogens is 2. The van der Waals surface area contributed by atoms with Crippen molar-refractivity contribution in [2.75, 3.05) is 17.9 Å². The number of benzene rings is 3. The lowest BCUT2D eigenvalue weighted by Crippen LogP contribution is -2.51. The number of nitrogens with zero attached hydrogens (tertiary/aromatic N) is 2. The van der Waals surface area contributed by atoms with Gasteiger partial charge >= 0.3 is 0 Å². The first-order valence-electron chi connectivity index (χ1n) is 11.7. The highest BCUT2D eigenvalue weighted by Crippen LogP contribution is 2.30. The molecule has 7 nitrogen and oxygen atoms in total. The topological polar surface area (TPSA) is 86.8 Å². The van der Waals surface area contributed by atoms with Crippen molar-refractivity contribution in [2.45, 2.75) is 37.8 Å². The van der Waals surface area contributed by atoms with Crippen LogP contribution < -0.4 is 9.62 Å². The van der Waals surface area contributed by atoms with Crippen molar-refractivity contribution >= 4 is 50.7 Å². The summed E-state index contributed by atoms with van der Waals surface area (Å²) in [6.07, 6.45) is 0.339. The zero-order valence-corrected chi connectivity index (χ0v) is 23.1. The number of hydrogen-bond acceptors (Lipinski definition) is 4. The highest BCUT2D eigenvalue weighted by Gasteiger charge is 2.33. The van der Waals surface area contributed by atoms with Gasteiger partial charge in [0.25, 0.3) is 10.0 Å². The van der Waals surface area contributed by atoms with Crippen molar-refractivity contribution in [3.05, 3.63) is 94.0 Å². The third-order valence-electron chi connectivity index (χ3n) is 5.98. The van der Waals surface area contributed by atoms with Crippen molar-refractivity contribution in [1.29, 1.82) is 0 Å². The molecule has 0 aliphatic carbocycles. The van der Waals surface area contributed by atoms with Crippen LogP contribution in [0.5, 0.6) is 0 Å². The maximum absolute atomic E-state index is 13.9. The Balaban J connectivity index is 2.10. The number of likely N-dealkylation sites (N-methyl/N-ethyl adjacent to an activating group) is 1. The molecule has 0 bridgehead atoms. The lowest BCUT2D eigenvalue weighted by atomic mass is 10.1. The van der Waals surface area contributed by atoms with E-state index in [0.29, 0.717) is 6.42 Å². The molecule has 2 amide bonds. The quantitative estimate of drug-likeness (QED) is 0.375. The monoisotopic (exact) mass is 561 g/mol. The summed E-state index contributed by atoms with van der Waals surface area (Å²) in [6.45, 7) is 3.28. The minimum Gasteiger partial charge on any atom is -0.357 e. The van der Waals surface area contributed by atoms with Crippen LogP contribution in [-0.4, -0.2) is 44.8 Å². The Morgan fingerprint density at radius 2 is 1.54 bits per heavy atom. The Bertz CT molecular complexity index is 1350. The molecule has 0 radical (unpaired) electrons. The van der Waals surface area contributed by atoms with Crippen LogP contribution in [0.2, 0.25) is 10.0 Å². The summed E-state index contributed by atoms with van der Waals surface area (Å²) in [5.74, 6) is -0.887. The molecule has 0 aromatic heterocycles. The third kappa shape index (κ3) is 6.83. The SMILES string of the molecule is CC[C@@H](C(=O)NC)N(Cc1ccccc1C)C(=O)CN(c1cc(Cl)cc(Cl)c1)S(=O)(=O)c1ccccc1. The number of carbonyl (C=O) groups excluding carboxylic acids is 2. The molecule has 37 heavy (non-hydrogen) atoms. The molecule has 0 aliphatic rings. The van der Waals surface area contributed by atoms with E-state index in [2.05, 4.69) is 5.32 Å². The van der Waals surface area contributed by atoms with Crippen LogP contribution in [-0.2, 0) is 26.2 Å². The van der Waals surface area contributed by atoms with E-state index >= 15 is 0 Å². The van der Waals surface area contributed by atoms with Crippen LogP contribution in [0.25, 0.3) is 0 Å². The summed E-state index contributed by atoms with van der Waals surface area (Å²) in [4.78, 5) is 28.1. The maximum Gasteiger partial charge on any atom is 0.264 e. The van der Waals surface area contributed by atoms with Gasteiger partial charge in [-0.05, 0) is 54.8 Å². The molecule has 0 spiro atoms. The smallest absolute Gasteiger partial charge is 0.264 e. The van der Waals surface area contributed by atoms with Gasteiger partial charge < -0.3 is 10.2 Å². The van der Waals surface area contributed by atoms with E-state index < -0.39 is 28.5 Å². The first kappa shape index (κ1) is 28.5. The summed E-state index contributed by atoms with van der Waals surface area (Å²) < 4.78 is 28.5. The number of anilines is 1. The molecule has 1 atom stereocenters. The fraction of sp³-hybridized carbons (Fsp3) is 0.259. The second kappa shape index (κ2) is 12.4. The van der Waals surface area contributed by atoms with Crippen LogP contribution >= 0.6 is 23.2 Å². The van der Waals surface area contributed by atoms with Crippen LogP contribution in [0.1, 0.15) is 24.5 Å². The number of rotatable bonds is 10. The van der Waals surface area contributed by atoms with Crippen LogP contribution in [0.15, 0.2) is 77.7 Å². The predicted octanol–water partition coefficient (Wildman–Crippen LogP) is 5.05. The van der Waals surface area contributed by atoms with E-state index in [-0.39, 0.29) is 33.1 Å². The van der Waals surface area contributed by atoms with Gasteiger partial charge in [-0.3, -0.25) is 13.9 Å². The van der Waals surface area contributed by atoms with Crippen molar-refractivity contribution in [3.8, 4) is 0 Å². The first-order valence-corrected chi connectivity index (χ1v) is 13.9. The molecule has 0 heterocycles. The van der Waals surface area contributed by atoms with Gasteiger partial charge in [0.05, 0.1) is 10.6 Å². The Labute approximate surface area is 228 Å². The zero-order chi connectivity index (χ0) is 27.2. The van der Waals surface area contributed by atoms with E-state index in [9.17, 15) is 18.0 Å². The van der Waals surface area contributed by atoms with Gasteiger partial charge in [0, 0.05) is 23.6 Å². The van der Waals surface area contributed by atoms with Crippen molar-refractivity contribution < 1.29 is 18.0 Å². The summed E-state index contributed by atoms with van der Waals surface area (Å²) in [5, 5.41) is 3.05. The first-order chi connectivity index (χ1) is 17.6. The normalized spacial score (nSPS) is 12.0. The summed E-state index contributed by atoms with van der Waals surface area (Å²) in [7, 11) is -2.69. The third-order valence-corrected chi connectivity index (χ3v) is 8.20. The van der Waals surface area contributed by atoms with Gasteiger partial charge in [-0.1, -0.05) is 72.6 Å². The van der Waals surface area contributed by atoms with E-state index in [1.165, 1.54) is 42.3 Å². The number of hydrogen-bond donors (Lipinski definition) is 1. The summed E-state index contributed by atoms with van der Waals surface area (Å²) in [5.41, 5.74) is 1.93. The number of carbonyl (C=O) groups is 2. The van der Waals surface area contributed by atoms with E-state index in [4.69, 9.17) is 23.2 Å². The second-order valence-electron chi connectivity index (χ2n) is 8.44. The average molecular weight is 563 g/mol. The van der Waals surface area contributed by atoms with Crippen LogP contribution in [0.3, 0.4) is 0 Å². The molecule has 1 N–H and O–H groups in total. The van der Waals surface area contributed by atoms with Crippen molar-refractivity contribution in [3.63, 3.8) is 0 Å². The van der Waals surface area contributed by atoms with E-state index in [0.717, 1.165) is 15.4 Å². The highest BCUT2D eigenvalue weighted by atomic mass is 35.5. The molecule has 0 fully saturated rings. The van der Waals surface area contributed by atoms with Crippen molar-refractivity contribution in [2.24, 2.45) is 0 Å². The van der Waals surface area contributed by atoms with Gasteiger partial charge in [-0.25, -0.2) is 8.42 Å². The maximum atomic E-state index is 13.9. The molecule has 196 valence electrons. The molecule has 3 aromatic carbocycles. The average Bonchev–Trinajstić information content (AvgIpc) is 2.87. The number of nitrogens with one attached hydrogen (secondary N) is 1. The predicted molar refractivity (Wildman–Crippen MR) is 147 cm³/mol. The molecule has 3 aromatic rings. The molecule has 3 rings (SSSR count). The molecule has 0 saturated carbocycles. The molecular weight excluding hydrogens is 533 g/mol. The fourth-order valence-electron chi connectivity index (χ4n) is 3.99. The van der Waals surface area contributed by atoms with Gasteiger partial charge in [0.2, 0.25) is 11.8 Å². The highest BCUT2D eigenvalue weighted by molar-refractivity contribution is 7.92. The Morgan fingerprint density at radius 1 is 0.946 bits per heavy atom. The number of aryl methyl sites for hydroxylation is 1. The molecule has 0 saturated heterocycles. The molecule has 10 heteroatoms. The lowest BCUT2D eigenvalue weighted by molar-refractivity contribution is -0.140. The van der Waals surface area contributed by atoms with Gasteiger partial charge in [-0.2, -0.15) is 0 Å². The largest absolute Gasteiger partial charge is 0.357 e. The Morgan fingerprint density at radius 3 is 2.11 bits per heavy atom. The van der Waals surface area contributed by atoms with Gasteiger partial charge in [0.15, 0.2) is 0 Å². The van der Waals surface area contributed by atoms with Gasteiger partial charge in [-0.15, -0.1) is 0 Å². The second-order valence-corrected chi connectivity index (χ2v) is 11.2. The lowest BCUT2D eigenvalue weighted by Gasteiger charge is -2.33.